The van der Waals surface area contributed by atoms with E-state index in [4.69, 9.17) is 0 Å². The topological polar surface area (TPSA) is 25.8 Å². The van der Waals surface area contributed by atoms with E-state index >= 15 is 0 Å². The fraction of sp³-hybridized carbons (Fsp3) is 0.222. The molecule has 0 bridgehead atoms. The zero-order valence-corrected chi connectivity index (χ0v) is 11.3. The Morgan fingerprint density at radius 3 is 2.77 bits per heavy atom. The molecule has 0 N–H and O–H groups in total. The van der Waals surface area contributed by atoms with E-state index in [-0.39, 0.29) is 32.7 Å². The van der Waals surface area contributed by atoms with Gasteiger partial charge in [0.25, 0.3) is 0 Å². The molecule has 0 unspecified atom stereocenters. The van der Waals surface area contributed by atoms with Gasteiger partial charge in [0.15, 0.2) is 0 Å². The molecule has 0 amide bonds. The summed E-state index contributed by atoms with van der Waals surface area (Å²) in [5, 5.41) is 0. The zero-order valence-electron chi connectivity index (χ0n) is 7.69. The molecule has 2 rings (SSSR count). The van der Waals surface area contributed by atoms with E-state index < -0.39 is 0 Å². The van der Waals surface area contributed by atoms with Gasteiger partial charge < -0.3 is 16.4 Å². The zero-order chi connectivity index (χ0) is 8.81. The Bertz CT molecular complexity index is 305. The molecule has 1 radical (unpaired) electrons. The fourth-order valence-electron chi connectivity index (χ4n) is 0.661. The first-order chi connectivity index (χ1) is 5.88. The standard InChI is InChI=1S/C6H3N2S.C3H7.Y/c1-2-5-6(7-3-1)9-4-8-5;1-3-2;/h1-3H;3H,1-2H3;/q2*-1;. The van der Waals surface area contributed by atoms with Crippen molar-refractivity contribution in [3.05, 3.63) is 30.3 Å². The molecule has 0 saturated heterocycles. The second-order valence-corrected chi connectivity index (χ2v) is 2.98. The van der Waals surface area contributed by atoms with E-state index in [2.05, 4.69) is 15.5 Å². The maximum absolute atomic E-state index is 4.07. The van der Waals surface area contributed by atoms with Gasteiger partial charge in [0.1, 0.15) is 0 Å². The Kier molecular flexibility index (Phi) is 7.62. The number of rotatable bonds is 0. The van der Waals surface area contributed by atoms with Gasteiger partial charge in [-0.2, -0.15) is 13.8 Å². The minimum atomic E-state index is 0. The summed E-state index contributed by atoms with van der Waals surface area (Å²) in [7, 11) is 0. The first kappa shape index (κ1) is 13.1. The monoisotopic (exact) mass is 267 g/mol. The maximum atomic E-state index is 4.07. The van der Waals surface area contributed by atoms with E-state index in [1.165, 1.54) is 11.3 Å². The summed E-state index contributed by atoms with van der Waals surface area (Å²) in [5.41, 5.74) is 3.70. The molecule has 2 nitrogen and oxygen atoms in total. The van der Waals surface area contributed by atoms with Crippen LogP contribution in [-0.2, 0) is 32.7 Å². The number of pyridine rings is 1. The van der Waals surface area contributed by atoms with Gasteiger partial charge in [-0.05, 0) is 10.3 Å². The van der Waals surface area contributed by atoms with E-state index in [0.717, 1.165) is 10.3 Å². The second-order valence-electron chi connectivity index (χ2n) is 2.21. The molecular formula is C9H10N2SY-2. The summed E-state index contributed by atoms with van der Waals surface area (Å²) in [4.78, 5) is 8.97. The van der Waals surface area contributed by atoms with Crippen LogP contribution in [0.3, 0.4) is 0 Å². The van der Waals surface area contributed by atoms with E-state index in [1.54, 1.807) is 6.20 Å². The van der Waals surface area contributed by atoms with E-state index in [0.29, 0.717) is 0 Å². The molecule has 0 aromatic carbocycles. The molecule has 0 aliphatic heterocycles. The SMILES string of the molecule is C[CH-]C.[Y].[c-]1nc2cccnc2s1. The van der Waals surface area contributed by atoms with Crippen LogP contribution in [0.2, 0.25) is 0 Å². The normalized spacial score (nSPS) is 8.46. The van der Waals surface area contributed by atoms with Crippen molar-refractivity contribution in [2.45, 2.75) is 13.8 Å². The molecule has 0 aliphatic rings. The van der Waals surface area contributed by atoms with Crippen molar-refractivity contribution in [1.29, 1.82) is 0 Å². The van der Waals surface area contributed by atoms with Gasteiger partial charge >= 0.3 is 0 Å². The van der Waals surface area contributed by atoms with E-state index in [9.17, 15) is 0 Å². The van der Waals surface area contributed by atoms with Gasteiger partial charge in [-0.15, -0.1) is 6.07 Å². The maximum Gasteiger partial charge on any atom is 0.0112 e. The molecule has 0 saturated carbocycles. The van der Waals surface area contributed by atoms with Crippen LogP contribution in [0.15, 0.2) is 18.3 Å². The molecule has 67 valence electrons. The second kappa shape index (κ2) is 7.54. The van der Waals surface area contributed by atoms with Crippen molar-refractivity contribution >= 4 is 21.7 Å². The number of hydrogen-bond acceptors (Lipinski definition) is 3. The van der Waals surface area contributed by atoms with Gasteiger partial charge in [0.05, 0.1) is 0 Å². The molecule has 4 heteroatoms. The van der Waals surface area contributed by atoms with Crippen LogP contribution < -0.4 is 0 Å². The van der Waals surface area contributed by atoms with Gasteiger partial charge in [0, 0.05) is 38.9 Å². The quantitative estimate of drug-likeness (QED) is 0.686. The van der Waals surface area contributed by atoms with Crippen LogP contribution in [0.25, 0.3) is 10.3 Å². The number of aromatic nitrogens is 2. The molecule has 2 aromatic rings. The van der Waals surface area contributed by atoms with Crippen molar-refractivity contribution < 1.29 is 32.7 Å². The summed E-state index contributed by atoms with van der Waals surface area (Å²) >= 11 is 1.44. The molecule has 0 spiro atoms. The molecular weight excluding hydrogens is 257 g/mol. The summed E-state index contributed by atoms with van der Waals surface area (Å²) in [5.74, 6) is 0. The Hall–Kier alpha value is 0.144. The third kappa shape index (κ3) is 4.25. The van der Waals surface area contributed by atoms with Crippen molar-refractivity contribution in [2.75, 3.05) is 0 Å². The van der Waals surface area contributed by atoms with Crippen molar-refractivity contribution in [3.63, 3.8) is 0 Å². The number of thiazole rings is 1. The van der Waals surface area contributed by atoms with Crippen LogP contribution in [0.5, 0.6) is 0 Å². The molecule has 2 heterocycles. The molecule has 13 heavy (non-hydrogen) atoms. The van der Waals surface area contributed by atoms with Gasteiger partial charge in [-0.25, -0.2) is 0 Å². The summed E-state index contributed by atoms with van der Waals surface area (Å²) < 4.78 is 0. The smallest absolute Gasteiger partial charge is 0.0112 e. The summed E-state index contributed by atoms with van der Waals surface area (Å²) in [6.45, 7) is 4.00. The molecule has 0 atom stereocenters. The van der Waals surface area contributed by atoms with Crippen LogP contribution in [0.4, 0.5) is 0 Å². The largest absolute Gasteiger partial charge is 0.385 e. The third-order valence-corrected chi connectivity index (χ3v) is 1.75. The summed E-state index contributed by atoms with van der Waals surface area (Å²) in [6.07, 6.45) is 3.76. The van der Waals surface area contributed by atoms with Crippen LogP contribution in [0.1, 0.15) is 13.8 Å². The van der Waals surface area contributed by atoms with Crippen molar-refractivity contribution in [1.82, 2.24) is 9.97 Å². The molecule has 2 aromatic heterocycles. The average molecular weight is 267 g/mol. The predicted octanol–water partition coefficient (Wildman–Crippen LogP) is 2.72. The average Bonchev–Trinajstić information content (AvgIpc) is 2.52. The predicted molar refractivity (Wildman–Crippen MR) is 51.9 cm³/mol. The van der Waals surface area contributed by atoms with Crippen LogP contribution in [0, 0.1) is 11.9 Å². The van der Waals surface area contributed by atoms with Crippen molar-refractivity contribution in [3.8, 4) is 0 Å². The minimum absolute atomic E-state index is 0. The number of nitrogens with zero attached hydrogens (tertiary/aromatic N) is 2. The fourth-order valence-corrected chi connectivity index (χ4v) is 1.22. The van der Waals surface area contributed by atoms with Crippen molar-refractivity contribution in [2.24, 2.45) is 0 Å². The van der Waals surface area contributed by atoms with Gasteiger partial charge in [0.2, 0.25) is 0 Å². The third-order valence-electron chi connectivity index (χ3n) is 1.06. The Morgan fingerprint density at radius 1 is 1.46 bits per heavy atom. The number of fused-ring (bicyclic) bond motifs is 1. The number of hydrogen-bond donors (Lipinski definition) is 0. The van der Waals surface area contributed by atoms with Gasteiger partial charge in [-0.3, -0.25) is 11.3 Å². The Balaban J connectivity index is 0.000000324. The first-order valence-electron chi connectivity index (χ1n) is 3.70. The Morgan fingerprint density at radius 2 is 2.15 bits per heavy atom. The van der Waals surface area contributed by atoms with Crippen LogP contribution >= 0.6 is 11.3 Å². The summed E-state index contributed by atoms with van der Waals surface area (Å²) in [6, 6.07) is 3.80. The molecule has 0 fully saturated rings. The minimum Gasteiger partial charge on any atom is -0.385 e. The van der Waals surface area contributed by atoms with Crippen LogP contribution in [-0.4, -0.2) is 9.97 Å². The first-order valence-corrected chi connectivity index (χ1v) is 4.51. The van der Waals surface area contributed by atoms with E-state index in [1.807, 2.05) is 32.4 Å². The Labute approximate surface area is 108 Å². The van der Waals surface area contributed by atoms with Gasteiger partial charge in [-0.1, -0.05) is 11.6 Å². The molecule has 0 aliphatic carbocycles.